The Kier molecular flexibility index (Phi) is 9.43. The van der Waals surface area contributed by atoms with Gasteiger partial charge in [-0.2, -0.15) is 0 Å². The Bertz CT molecular complexity index is 573. The lowest BCUT2D eigenvalue weighted by Gasteiger charge is -2.08. The second kappa shape index (κ2) is 10.8. The van der Waals surface area contributed by atoms with Gasteiger partial charge in [0.15, 0.2) is 0 Å². The number of carbonyl (C=O) groups excluding carboxylic acids is 1. The molecule has 0 bridgehead atoms. The van der Waals surface area contributed by atoms with E-state index in [0.717, 1.165) is 17.3 Å². The molecular weight excluding hydrogens is 380 g/mol. The zero-order valence-electron chi connectivity index (χ0n) is 13.5. The summed E-state index contributed by atoms with van der Waals surface area (Å²) in [5.41, 5.74) is 0. The van der Waals surface area contributed by atoms with Crippen LogP contribution in [-0.4, -0.2) is 27.4 Å². The van der Waals surface area contributed by atoms with Gasteiger partial charge < -0.3 is 5.32 Å². The van der Waals surface area contributed by atoms with Crippen LogP contribution < -0.4 is 10.0 Å². The van der Waals surface area contributed by atoms with Crippen LogP contribution in [0.25, 0.3) is 0 Å². The third kappa shape index (κ3) is 8.48. The van der Waals surface area contributed by atoms with Crippen LogP contribution in [0.3, 0.4) is 0 Å². The van der Waals surface area contributed by atoms with Crippen LogP contribution in [0.15, 0.2) is 33.6 Å². The Morgan fingerprint density at radius 1 is 1.04 bits per heavy atom. The molecule has 5 nitrogen and oxygen atoms in total. The molecule has 7 heteroatoms. The topological polar surface area (TPSA) is 75.3 Å². The number of carbonyl (C=O) groups is 1. The van der Waals surface area contributed by atoms with Crippen molar-refractivity contribution in [1.82, 2.24) is 10.0 Å². The first-order valence-corrected chi connectivity index (χ1v) is 10.2. The van der Waals surface area contributed by atoms with Crippen LogP contribution in [0.4, 0.5) is 0 Å². The summed E-state index contributed by atoms with van der Waals surface area (Å²) in [6, 6.07) is 6.37. The average molecular weight is 405 g/mol. The van der Waals surface area contributed by atoms with E-state index in [0.29, 0.717) is 6.54 Å². The zero-order chi connectivity index (χ0) is 17.1. The van der Waals surface area contributed by atoms with E-state index in [1.54, 1.807) is 12.1 Å². The minimum absolute atomic E-state index is 0.0973. The molecule has 0 atom stereocenters. The van der Waals surface area contributed by atoms with Crippen LogP contribution in [0, 0.1) is 0 Å². The predicted octanol–water partition coefficient (Wildman–Crippen LogP) is 3.20. The highest BCUT2D eigenvalue weighted by Crippen LogP contribution is 2.14. The van der Waals surface area contributed by atoms with Gasteiger partial charge in [-0.3, -0.25) is 4.79 Å². The molecule has 1 rings (SSSR count). The molecule has 0 radical (unpaired) electrons. The maximum atomic E-state index is 12.0. The first-order valence-electron chi connectivity index (χ1n) is 7.97. The molecule has 0 saturated heterocycles. The highest BCUT2D eigenvalue weighted by molar-refractivity contribution is 9.10. The van der Waals surface area contributed by atoms with Crippen molar-refractivity contribution in [3.63, 3.8) is 0 Å². The van der Waals surface area contributed by atoms with E-state index in [9.17, 15) is 13.2 Å². The highest BCUT2D eigenvalue weighted by atomic mass is 79.9. The van der Waals surface area contributed by atoms with E-state index < -0.39 is 10.0 Å². The van der Waals surface area contributed by atoms with Crippen LogP contribution in [0.5, 0.6) is 0 Å². The summed E-state index contributed by atoms with van der Waals surface area (Å²) < 4.78 is 27.3. The molecule has 0 unspecified atom stereocenters. The van der Waals surface area contributed by atoms with Gasteiger partial charge in [0.05, 0.1) is 4.90 Å². The summed E-state index contributed by atoms with van der Waals surface area (Å²) in [5, 5.41) is 2.81. The molecule has 0 saturated carbocycles. The number of benzene rings is 1. The van der Waals surface area contributed by atoms with E-state index in [1.807, 2.05) is 0 Å². The molecule has 0 spiro atoms. The third-order valence-electron chi connectivity index (χ3n) is 3.37. The first kappa shape index (κ1) is 20.1. The number of unbranched alkanes of at least 4 members (excludes halogenated alkanes) is 4. The molecule has 2 N–H and O–H groups in total. The van der Waals surface area contributed by atoms with Crippen LogP contribution in [0.2, 0.25) is 0 Å². The molecule has 130 valence electrons. The first-order chi connectivity index (χ1) is 11.0. The van der Waals surface area contributed by atoms with Gasteiger partial charge in [-0.1, -0.05) is 48.5 Å². The number of hydrogen-bond donors (Lipinski definition) is 2. The van der Waals surface area contributed by atoms with Crippen molar-refractivity contribution < 1.29 is 13.2 Å². The number of rotatable bonds is 11. The van der Waals surface area contributed by atoms with Crippen LogP contribution in [0.1, 0.15) is 45.4 Å². The normalized spacial score (nSPS) is 11.4. The van der Waals surface area contributed by atoms with E-state index >= 15 is 0 Å². The van der Waals surface area contributed by atoms with Crippen molar-refractivity contribution >= 4 is 31.9 Å². The Balaban J connectivity index is 2.22. The zero-order valence-corrected chi connectivity index (χ0v) is 15.9. The summed E-state index contributed by atoms with van der Waals surface area (Å²) >= 11 is 3.26. The van der Waals surface area contributed by atoms with Gasteiger partial charge in [0.25, 0.3) is 0 Å². The van der Waals surface area contributed by atoms with Crippen LogP contribution >= 0.6 is 15.9 Å². The standard InChI is InChI=1S/C16H25BrN2O3S/c1-2-3-4-5-6-12-18-16(20)11-13-19-23(21,22)15-9-7-14(17)8-10-15/h7-10,19H,2-6,11-13H2,1H3,(H,18,20). The van der Waals surface area contributed by atoms with Crippen molar-refractivity contribution in [2.45, 2.75) is 50.3 Å². The van der Waals surface area contributed by atoms with E-state index in [1.165, 1.54) is 31.4 Å². The van der Waals surface area contributed by atoms with Gasteiger partial charge in [-0.15, -0.1) is 0 Å². The molecule has 0 aliphatic heterocycles. The Morgan fingerprint density at radius 3 is 2.35 bits per heavy atom. The lowest BCUT2D eigenvalue weighted by atomic mass is 10.1. The minimum atomic E-state index is -3.56. The number of amides is 1. The Morgan fingerprint density at radius 2 is 1.70 bits per heavy atom. The summed E-state index contributed by atoms with van der Waals surface area (Å²) in [6.45, 7) is 2.92. The molecule has 0 aromatic heterocycles. The van der Waals surface area contributed by atoms with Gasteiger partial charge in [-0.05, 0) is 30.7 Å². The monoisotopic (exact) mass is 404 g/mol. The lowest BCUT2D eigenvalue weighted by Crippen LogP contribution is -2.31. The molecule has 0 aliphatic carbocycles. The average Bonchev–Trinajstić information content (AvgIpc) is 2.51. The summed E-state index contributed by atoms with van der Waals surface area (Å²) in [7, 11) is -3.56. The second-order valence-corrected chi connectivity index (χ2v) is 8.05. The number of halogens is 1. The predicted molar refractivity (Wildman–Crippen MR) is 95.7 cm³/mol. The van der Waals surface area contributed by atoms with Crippen molar-refractivity contribution in [3.8, 4) is 0 Å². The fourth-order valence-corrected chi connectivity index (χ4v) is 3.34. The maximum absolute atomic E-state index is 12.0. The minimum Gasteiger partial charge on any atom is -0.356 e. The van der Waals surface area contributed by atoms with Gasteiger partial charge in [0.2, 0.25) is 15.9 Å². The molecule has 0 fully saturated rings. The van der Waals surface area contributed by atoms with E-state index in [4.69, 9.17) is 0 Å². The van der Waals surface area contributed by atoms with Gasteiger partial charge >= 0.3 is 0 Å². The smallest absolute Gasteiger partial charge is 0.240 e. The van der Waals surface area contributed by atoms with Gasteiger partial charge in [-0.25, -0.2) is 13.1 Å². The van der Waals surface area contributed by atoms with E-state index in [2.05, 4.69) is 32.9 Å². The fraction of sp³-hybridized carbons (Fsp3) is 0.562. The third-order valence-corrected chi connectivity index (χ3v) is 5.38. The molecule has 1 amide bonds. The summed E-state index contributed by atoms with van der Waals surface area (Å²) in [5.74, 6) is -0.126. The van der Waals surface area contributed by atoms with E-state index in [-0.39, 0.29) is 23.8 Å². The molecule has 0 heterocycles. The molecule has 23 heavy (non-hydrogen) atoms. The quantitative estimate of drug-likeness (QED) is 0.555. The van der Waals surface area contributed by atoms with Crippen molar-refractivity contribution in [2.75, 3.05) is 13.1 Å². The van der Waals surface area contributed by atoms with Crippen molar-refractivity contribution in [1.29, 1.82) is 0 Å². The SMILES string of the molecule is CCCCCCCNC(=O)CCNS(=O)(=O)c1ccc(Br)cc1. The molecule has 0 aliphatic rings. The number of nitrogens with one attached hydrogen (secondary N) is 2. The maximum Gasteiger partial charge on any atom is 0.240 e. The molecule has 1 aromatic rings. The van der Waals surface area contributed by atoms with Gasteiger partial charge in [0, 0.05) is 24.0 Å². The molecular formula is C16H25BrN2O3S. The Hall–Kier alpha value is -0.920. The summed E-state index contributed by atoms with van der Waals surface area (Å²) in [6.07, 6.45) is 5.85. The van der Waals surface area contributed by atoms with Gasteiger partial charge in [0.1, 0.15) is 0 Å². The molecule has 1 aromatic carbocycles. The number of sulfonamides is 1. The second-order valence-electron chi connectivity index (χ2n) is 5.37. The highest BCUT2D eigenvalue weighted by Gasteiger charge is 2.13. The largest absolute Gasteiger partial charge is 0.356 e. The summed E-state index contributed by atoms with van der Waals surface area (Å²) in [4.78, 5) is 11.8. The fourth-order valence-electron chi connectivity index (χ4n) is 2.04. The lowest BCUT2D eigenvalue weighted by molar-refractivity contribution is -0.120. The van der Waals surface area contributed by atoms with Crippen LogP contribution in [-0.2, 0) is 14.8 Å². The van der Waals surface area contributed by atoms with Crippen molar-refractivity contribution in [3.05, 3.63) is 28.7 Å². The number of hydrogen-bond acceptors (Lipinski definition) is 3. The van der Waals surface area contributed by atoms with Crippen molar-refractivity contribution in [2.24, 2.45) is 0 Å². The Labute approximate surface area is 147 Å².